The van der Waals surface area contributed by atoms with Crippen molar-refractivity contribution in [1.82, 2.24) is 9.88 Å². The van der Waals surface area contributed by atoms with Gasteiger partial charge in [0.25, 0.3) is 5.91 Å². The lowest BCUT2D eigenvalue weighted by molar-refractivity contribution is 0.0570. The summed E-state index contributed by atoms with van der Waals surface area (Å²) in [6.45, 7) is 4.52. The van der Waals surface area contributed by atoms with Gasteiger partial charge in [0.2, 0.25) is 0 Å². The highest BCUT2D eigenvalue weighted by atomic mass is 16.5. The van der Waals surface area contributed by atoms with Crippen molar-refractivity contribution in [3.05, 3.63) is 23.9 Å². The Hall–Kier alpha value is -1.66. The average Bonchev–Trinajstić information content (AvgIpc) is 2.69. The van der Waals surface area contributed by atoms with Crippen LogP contribution < -0.4 is 4.90 Å². The molecule has 0 aromatic carbocycles. The first-order valence-corrected chi connectivity index (χ1v) is 9.81. The van der Waals surface area contributed by atoms with Crippen molar-refractivity contribution in [3.63, 3.8) is 0 Å². The summed E-state index contributed by atoms with van der Waals surface area (Å²) in [5.74, 6) is 2.08. The lowest BCUT2D eigenvalue weighted by Crippen LogP contribution is -2.41. The second-order valence-electron chi connectivity index (χ2n) is 7.56. The van der Waals surface area contributed by atoms with Crippen LogP contribution in [0.25, 0.3) is 0 Å². The first-order chi connectivity index (χ1) is 12.7. The normalized spacial score (nSPS) is 21.8. The number of amides is 1. The minimum absolute atomic E-state index is 0.0755. The molecule has 6 nitrogen and oxygen atoms in total. The van der Waals surface area contributed by atoms with Crippen molar-refractivity contribution < 1.29 is 14.6 Å². The number of methoxy groups -OCH3 is 1. The summed E-state index contributed by atoms with van der Waals surface area (Å²) >= 11 is 0. The SMILES string of the molecule is COC[C@H]1CCCN(C(=O)c2ccc(N3CCC(CCO)CC3)nc2)C1. The molecule has 1 amide bonds. The Balaban J connectivity index is 1.56. The van der Waals surface area contributed by atoms with Gasteiger partial charge < -0.3 is 19.6 Å². The van der Waals surface area contributed by atoms with Gasteiger partial charge in [0, 0.05) is 46.1 Å². The van der Waals surface area contributed by atoms with E-state index in [0.717, 1.165) is 64.1 Å². The molecule has 1 aromatic rings. The largest absolute Gasteiger partial charge is 0.396 e. The smallest absolute Gasteiger partial charge is 0.255 e. The van der Waals surface area contributed by atoms with E-state index >= 15 is 0 Å². The number of rotatable bonds is 6. The molecule has 1 atom stereocenters. The Bertz CT molecular complexity index is 568. The van der Waals surface area contributed by atoms with Crippen LogP contribution in [0.15, 0.2) is 18.3 Å². The van der Waals surface area contributed by atoms with Crippen LogP contribution in [-0.2, 0) is 4.74 Å². The highest BCUT2D eigenvalue weighted by molar-refractivity contribution is 5.94. The van der Waals surface area contributed by atoms with E-state index in [-0.39, 0.29) is 12.5 Å². The Kier molecular flexibility index (Phi) is 6.86. The monoisotopic (exact) mass is 361 g/mol. The summed E-state index contributed by atoms with van der Waals surface area (Å²) in [6.07, 6.45) is 6.97. The van der Waals surface area contributed by atoms with Crippen LogP contribution in [0, 0.1) is 11.8 Å². The summed E-state index contributed by atoms with van der Waals surface area (Å²) in [7, 11) is 1.72. The van der Waals surface area contributed by atoms with E-state index in [4.69, 9.17) is 9.84 Å². The number of carbonyl (C=O) groups excluding carboxylic acids is 1. The molecule has 2 saturated heterocycles. The predicted octanol–water partition coefficient (Wildman–Crippen LogP) is 2.18. The molecule has 1 aromatic heterocycles. The number of hydrogen-bond acceptors (Lipinski definition) is 5. The number of aliphatic hydroxyl groups is 1. The third-order valence-electron chi connectivity index (χ3n) is 5.68. The van der Waals surface area contributed by atoms with Crippen LogP contribution in [0.4, 0.5) is 5.82 Å². The molecular formula is C20H31N3O3. The summed E-state index contributed by atoms with van der Waals surface area (Å²) < 4.78 is 5.25. The molecule has 6 heteroatoms. The van der Waals surface area contributed by atoms with Gasteiger partial charge in [0.05, 0.1) is 12.2 Å². The lowest BCUT2D eigenvalue weighted by atomic mass is 9.94. The summed E-state index contributed by atoms with van der Waals surface area (Å²) in [5.41, 5.74) is 0.669. The van der Waals surface area contributed by atoms with E-state index < -0.39 is 0 Å². The van der Waals surface area contributed by atoms with E-state index in [1.807, 2.05) is 17.0 Å². The van der Waals surface area contributed by atoms with Gasteiger partial charge in [-0.25, -0.2) is 4.98 Å². The van der Waals surface area contributed by atoms with Gasteiger partial charge in [-0.3, -0.25) is 4.79 Å². The van der Waals surface area contributed by atoms with Gasteiger partial charge in [0.1, 0.15) is 5.82 Å². The van der Waals surface area contributed by atoms with E-state index in [1.165, 1.54) is 0 Å². The molecule has 0 bridgehead atoms. The molecule has 3 rings (SSSR count). The number of carbonyl (C=O) groups is 1. The van der Waals surface area contributed by atoms with Gasteiger partial charge >= 0.3 is 0 Å². The van der Waals surface area contributed by atoms with Crippen molar-refractivity contribution in [1.29, 1.82) is 0 Å². The maximum absolute atomic E-state index is 12.8. The van der Waals surface area contributed by atoms with E-state index in [0.29, 0.717) is 24.0 Å². The molecular weight excluding hydrogens is 330 g/mol. The van der Waals surface area contributed by atoms with Crippen LogP contribution >= 0.6 is 0 Å². The number of nitrogens with zero attached hydrogens (tertiary/aromatic N) is 3. The average molecular weight is 361 g/mol. The second-order valence-corrected chi connectivity index (χ2v) is 7.56. The molecule has 0 spiro atoms. The van der Waals surface area contributed by atoms with Gasteiger partial charge in [-0.2, -0.15) is 0 Å². The topological polar surface area (TPSA) is 65.9 Å². The van der Waals surface area contributed by atoms with Crippen molar-refractivity contribution in [3.8, 4) is 0 Å². The minimum Gasteiger partial charge on any atom is -0.396 e. The number of anilines is 1. The van der Waals surface area contributed by atoms with Crippen LogP contribution in [-0.4, -0.2) is 67.4 Å². The van der Waals surface area contributed by atoms with Crippen LogP contribution in [0.1, 0.15) is 42.5 Å². The molecule has 0 radical (unpaired) electrons. The number of likely N-dealkylation sites (tertiary alicyclic amines) is 1. The third kappa shape index (κ3) is 4.74. The number of ether oxygens (including phenoxy) is 1. The lowest BCUT2D eigenvalue weighted by Gasteiger charge is -2.33. The fourth-order valence-electron chi connectivity index (χ4n) is 4.14. The quantitative estimate of drug-likeness (QED) is 0.841. The predicted molar refractivity (Wildman–Crippen MR) is 101 cm³/mol. The first-order valence-electron chi connectivity index (χ1n) is 9.81. The summed E-state index contributed by atoms with van der Waals surface area (Å²) in [4.78, 5) is 21.5. The summed E-state index contributed by atoms with van der Waals surface area (Å²) in [6, 6.07) is 3.88. The zero-order chi connectivity index (χ0) is 18.4. The Labute approximate surface area is 156 Å². The Morgan fingerprint density at radius 3 is 2.69 bits per heavy atom. The Morgan fingerprint density at radius 2 is 2.04 bits per heavy atom. The molecule has 0 saturated carbocycles. The van der Waals surface area contributed by atoms with E-state index in [1.54, 1.807) is 13.3 Å². The highest BCUT2D eigenvalue weighted by Gasteiger charge is 2.25. The molecule has 0 unspecified atom stereocenters. The van der Waals surface area contributed by atoms with Crippen molar-refractivity contribution in [2.45, 2.75) is 32.1 Å². The fraction of sp³-hybridized carbons (Fsp3) is 0.700. The number of aliphatic hydroxyl groups excluding tert-OH is 1. The van der Waals surface area contributed by atoms with Crippen molar-refractivity contribution in [2.24, 2.45) is 11.8 Å². The van der Waals surface area contributed by atoms with Crippen LogP contribution in [0.2, 0.25) is 0 Å². The zero-order valence-electron chi connectivity index (χ0n) is 15.8. The van der Waals surface area contributed by atoms with Gasteiger partial charge in [-0.05, 0) is 56.1 Å². The number of piperidine rings is 2. The molecule has 3 heterocycles. The maximum Gasteiger partial charge on any atom is 0.255 e. The number of aromatic nitrogens is 1. The fourth-order valence-corrected chi connectivity index (χ4v) is 4.14. The maximum atomic E-state index is 12.8. The van der Waals surface area contributed by atoms with Gasteiger partial charge in [-0.15, -0.1) is 0 Å². The number of hydrogen-bond donors (Lipinski definition) is 1. The molecule has 0 aliphatic carbocycles. The third-order valence-corrected chi connectivity index (χ3v) is 5.68. The van der Waals surface area contributed by atoms with Crippen LogP contribution in [0.3, 0.4) is 0 Å². The molecule has 2 aliphatic heterocycles. The molecule has 1 N–H and O–H groups in total. The van der Waals surface area contributed by atoms with E-state index in [9.17, 15) is 4.79 Å². The number of pyridine rings is 1. The minimum atomic E-state index is 0.0755. The van der Waals surface area contributed by atoms with E-state index in [2.05, 4.69) is 9.88 Å². The standard InChI is InChI=1S/C20H31N3O3/c1-26-15-17-3-2-9-23(14-17)20(25)18-4-5-19(21-13-18)22-10-6-16(7-11-22)8-12-24/h4-5,13,16-17,24H,2-3,6-12,14-15H2,1H3/t17-/m0/s1. The van der Waals surface area contributed by atoms with Gasteiger partial charge in [-0.1, -0.05) is 0 Å². The Morgan fingerprint density at radius 1 is 1.23 bits per heavy atom. The van der Waals surface area contributed by atoms with Crippen molar-refractivity contribution in [2.75, 3.05) is 51.4 Å². The molecule has 2 aliphatic rings. The first kappa shape index (κ1) is 19.1. The van der Waals surface area contributed by atoms with Crippen LogP contribution in [0.5, 0.6) is 0 Å². The molecule has 26 heavy (non-hydrogen) atoms. The molecule has 144 valence electrons. The highest BCUT2D eigenvalue weighted by Crippen LogP contribution is 2.24. The zero-order valence-corrected chi connectivity index (χ0v) is 15.8. The second kappa shape index (κ2) is 9.33. The summed E-state index contributed by atoms with van der Waals surface area (Å²) in [5, 5.41) is 9.07. The molecule has 2 fully saturated rings. The van der Waals surface area contributed by atoms with Crippen molar-refractivity contribution >= 4 is 11.7 Å². The van der Waals surface area contributed by atoms with Gasteiger partial charge in [0.15, 0.2) is 0 Å².